The van der Waals surface area contributed by atoms with Gasteiger partial charge in [-0.05, 0) is 31.2 Å². The SMILES string of the molecule is CCN(c1ccc(F)cc1)c1ncc(C=O)s1. The summed E-state index contributed by atoms with van der Waals surface area (Å²) in [7, 11) is 0. The fraction of sp³-hybridized carbons (Fsp3) is 0.167. The number of anilines is 2. The minimum atomic E-state index is -0.266. The second-order valence-electron chi connectivity index (χ2n) is 3.38. The molecule has 0 unspecified atom stereocenters. The summed E-state index contributed by atoms with van der Waals surface area (Å²) in [5.41, 5.74) is 0.862. The van der Waals surface area contributed by atoms with Gasteiger partial charge in [0.15, 0.2) is 11.4 Å². The zero-order chi connectivity index (χ0) is 12.3. The van der Waals surface area contributed by atoms with E-state index in [4.69, 9.17) is 0 Å². The first kappa shape index (κ1) is 11.7. The van der Waals surface area contributed by atoms with Crippen molar-refractivity contribution in [2.75, 3.05) is 11.4 Å². The molecular weight excluding hydrogens is 239 g/mol. The van der Waals surface area contributed by atoms with Gasteiger partial charge in [0.1, 0.15) is 5.82 Å². The summed E-state index contributed by atoms with van der Waals surface area (Å²) >= 11 is 1.32. The van der Waals surface area contributed by atoms with Crippen molar-refractivity contribution in [3.63, 3.8) is 0 Å². The first-order valence-electron chi connectivity index (χ1n) is 5.18. The number of aromatic nitrogens is 1. The lowest BCUT2D eigenvalue weighted by atomic mass is 10.3. The van der Waals surface area contributed by atoms with Gasteiger partial charge in [0.05, 0.1) is 11.1 Å². The molecule has 0 fully saturated rings. The van der Waals surface area contributed by atoms with E-state index in [2.05, 4.69) is 4.98 Å². The van der Waals surface area contributed by atoms with Crippen LogP contribution in [0.5, 0.6) is 0 Å². The fourth-order valence-electron chi connectivity index (χ4n) is 1.51. The molecule has 0 spiro atoms. The van der Waals surface area contributed by atoms with Gasteiger partial charge in [-0.3, -0.25) is 4.79 Å². The maximum atomic E-state index is 12.8. The number of thiazole rings is 1. The lowest BCUT2D eigenvalue weighted by Gasteiger charge is -2.19. The zero-order valence-electron chi connectivity index (χ0n) is 9.26. The number of carbonyl (C=O) groups excluding carboxylic acids is 1. The number of benzene rings is 1. The van der Waals surface area contributed by atoms with Crippen LogP contribution in [-0.2, 0) is 0 Å². The number of halogens is 1. The molecule has 5 heteroatoms. The van der Waals surface area contributed by atoms with Crippen molar-refractivity contribution in [3.05, 3.63) is 41.2 Å². The third-order valence-electron chi connectivity index (χ3n) is 2.31. The molecule has 17 heavy (non-hydrogen) atoms. The van der Waals surface area contributed by atoms with E-state index in [0.29, 0.717) is 11.4 Å². The van der Waals surface area contributed by atoms with Crippen LogP contribution in [0.3, 0.4) is 0 Å². The zero-order valence-corrected chi connectivity index (χ0v) is 10.1. The Morgan fingerprint density at radius 3 is 2.65 bits per heavy atom. The Morgan fingerprint density at radius 1 is 1.41 bits per heavy atom. The Kier molecular flexibility index (Phi) is 3.49. The van der Waals surface area contributed by atoms with Crippen molar-refractivity contribution in [2.24, 2.45) is 0 Å². The maximum Gasteiger partial charge on any atom is 0.190 e. The van der Waals surface area contributed by atoms with E-state index in [9.17, 15) is 9.18 Å². The van der Waals surface area contributed by atoms with E-state index >= 15 is 0 Å². The molecule has 0 atom stereocenters. The quantitative estimate of drug-likeness (QED) is 0.781. The van der Waals surface area contributed by atoms with Crippen molar-refractivity contribution < 1.29 is 9.18 Å². The average molecular weight is 250 g/mol. The van der Waals surface area contributed by atoms with Crippen molar-refractivity contribution in [3.8, 4) is 0 Å². The molecule has 2 rings (SSSR count). The van der Waals surface area contributed by atoms with Crippen LogP contribution in [0.4, 0.5) is 15.2 Å². The van der Waals surface area contributed by atoms with Crippen LogP contribution in [-0.4, -0.2) is 17.8 Å². The molecule has 2 aromatic rings. The molecule has 0 saturated carbocycles. The standard InChI is InChI=1S/C12H11FN2OS/c1-2-15(10-5-3-9(13)4-6-10)12-14-7-11(8-16)17-12/h3-8H,2H2,1H3. The first-order chi connectivity index (χ1) is 8.24. The predicted octanol–water partition coefficient (Wildman–Crippen LogP) is 3.25. The van der Waals surface area contributed by atoms with Crippen molar-refractivity contribution >= 4 is 28.4 Å². The lowest BCUT2D eigenvalue weighted by Crippen LogP contribution is -2.15. The summed E-state index contributed by atoms with van der Waals surface area (Å²) in [6, 6.07) is 6.21. The van der Waals surface area contributed by atoms with Crippen LogP contribution < -0.4 is 4.90 Å². The van der Waals surface area contributed by atoms with E-state index in [1.54, 1.807) is 18.3 Å². The molecule has 0 aliphatic heterocycles. The molecule has 0 N–H and O–H groups in total. The van der Waals surface area contributed by atoms with E-state index in [1.807, 2.05) is 11.8 Å². The summed E-state index contributed by atoms with van der Waals surface area (Å²) in [6.45, 7) is 2.68. The smallest absolute Gasteiger partial charge is 0.190 e. The number of carbonyl (C=O) groups is 1. The van der Waals surface area contributed by atoms with Crippen LogP contribution in [0.15, 0.2) is 30.5 Å². The summed E-state index contributed by atoms with van der Waals surface area (Å²) in [5, 5.41) is 0.737. The molecule has 0 aliphatic rings. The second-order valence-corrected chi connectivity index (χ2v) is 4.42. The number of aldehydes is 1. The Labute approximate surface area is 103 Å². The summed E-state index contributed by atoms with van der Waals surface area (Å²) in [4.78, 5) is 17.3. The lowest BCUT2D eigenvalue weighted by molar-refractivity contribution is 0.112. The summed E-state index contributed by atoms with van der Waals surface area (Å²) in [5.74, 6) is -0.266. The molecular formula is C12H11FN2OS. The first-order valence-corrected chi connectivity index (χ1v) is 6.00. The predicted molar refractivity (Wildman–Crippen MR) is 66.6 cm³/mol. The van der Waals surface area contributed by atoms with Crippen molar-refractivity contribution in [1.29, 1.82) is 0 Å². The minimum absolute atomic E-state index is 0.266. The van der Waals surface area contributed by atoms with E-state index in [1.165, 1.54) is 23.5 Å². The largest absolute Gasteiger partial charge is 0.318 e. The van der Waals surface area contributed by atoms with Gasteiger partial charge in [0.25, 0.3) is 0 Å². The molecule has 1 aromatic carbocycles. The van der Waals surface area contributed by atoms with Gasteiger partial charge in [-0.15, -0.1) is 0 Å². The Morgan fingerprint density at radius 2 is 2.12 bits per heavy atom. The second kappa shape index (κ2) is 5.05. The average Bonchev–Trinajstić information content (AvgIpc) is 2.81. The fourth-order valence-corrected chi connectivity index (χ4v) is 2.32. The molecule has 1 heterocycles. The van der Waals surface area contributed by atoms with Crippen molar-refractivity contribution in [2.45, 2.75) is 6.92 Å². The van der Waals surface area contributed by atoms with Gasteiger partial charge >= 0.3 is 0 Å². The molecule has 3 nitrogen and oxygen atoms in total. The number of hydrogen-bond acceptors (Lipinski definition) is 4. The highest BCUT2D eigenvalue weighted by molar-refractivity contribution is 7.17. The van der Waals surface area contributed by atoms with Crippen LogP contribution in [0.25, 0.3) is 0 Å². The molecule has 88 valence electrons. The number of rotatable bonds is 4. The molecule has 0 amide bonds. The van der Waals surface area contributed by atoms with E-state index in [-0.39, 0.29) is 5.82 Å². The van der Waals surface area contributed by atoms with Crippen LogP contribution in [0, 0.1) is 5.82 Å². The van der Waals surface area contributed by atoms with Gasteiger partial charge in [0, 0.05) is 12.2 Å². The highest BCUT2D eigenvalue weighted by Crippen LogP contribution is 2.28. The van der Waals surface area contributed by atoms with E-state index < -0.39 is 0 Å². The Balaban J connectivity index is 2.32. The molecule has 0 radical (unpaired) electrons. The summed E-state index contributed by atoms with van der Waals surface area (Å²) in [6.07, 6.45) is 2.32. The van der Waals surface area contributed by atoms with Gasteiger partial charge in [-0.2, -0.15) is 0 Å². The van der Waals surface area contributed by atoms with Gasteiger partial charge in [-0.25, -0.2) is 9.37 Å². The Hall–Kier alpha value is -1.75. The molecule has 0 aliphatic carbocycles. The third-order valence-corrected chi connectivity index (χ3v) is 3.26. The monoisotopic (exact) mass is 250 g/mol. The molecule has 0 saturated heterocycles. The highest BCUT2D eigenvalue weighted by Gasteiger charge is 2.11. The number of hydrogen-bond donors (Lipinski definition) is 0. The minimum Gasteiger partial charge on any atom is -0.318 e. The van der Waals surface area contributed by atoms with Crippen LogP contribution in [0.2, 0.25) is 0 Å². The molecule has 1 aromatic heterocycles. The van der Waals surface area contributed by atoms with Crippen LogP contribution in [0.1, 0.15) is 16.6 Å². The van der Waals surface area contributed by atoms with Gasteiger partial charge in [-0.1, -0.05) is 11.3 Å². The normalized spacial score (nSPS) is 10.2. The van der Waals surface area contributed by atoms with E-state index in [0.717, 1.165) is 17.1 Å². The molecule has 0 bridgehead atoms. The third kappa shape index (κ3) is 2.50. The summed E-state index contributed by atoms with van der Waals surface area (Å²) < 4.78 is 12.8. The Bertz CT molecular complexity index is 509. The topological polar surface area (TPSA) is 33.2 Å². The van der Waals surface area contributed by atoms with Gasteiger partial charge in [0.2, 0.25) is 0 Å². The highest BCUT2D eigenvalue weighted by atomic mass is 32.1. The van der Waals surface area contributed by atoms with Crippen molar-refractivity contribution in [1.82, 2.24) is 4.98 Å². The van der Waals surface area contributed by atoms with Gasteiger partial charge < -0.3 is 4.90 Å². The maximum absolute atomic E-state index is 12.8. The number of nitrogens with zero attached hydrogens (tertiary/aromatic N) is 2. The van der Waals surface area contributed by atoms with Crippen LogP contribution >= 0.6 is 11.3 Å².